The number of nitrogens with zero attached hydrogens (tertiary/aromatic N) is 6. The Morgan fingerprint density at radius 1 is 1.33 bits per heavy atom. The molecule has 0 fully saturated rings. The Hall–Kier alpha value is -2.48. The molecule has 0 saturated carbocycles. The Morgan fingerprint density at radius 3 is 3.00 bits per heavy atom. The summed E-state index contributed by atoms with van der Waals surface area (Å²) in [6.45, 7) is 1.22. The van der Waals surface area contributed by atoms with Gasteiger partial charge in [0.2, 0.25) is 0 Å². The first-order valence-corrected chi connectivity index (χ1v) is 6.66. The van der Waals surface area contributed by atoms with Crippen molar-refractivity contribution in [2.75, 3.05) is 19.0 Å². The van der Waals surface area contributed by atoms with Crippen LogP contribution in [0.4, 0.5) is 5.82 Å². The van der Waals surface area contributed by atoms with Gasteiger partial charge in [0.15, 0.2) is 0 Å². The Kier molecular flexibility index (Phi) is 3.78. The zero-order valence-electron chi connectivity index (χ0n) is 12.0. The van der Waals surface area contributed by atoms with Gasteiger partial charge >= 0.3 is 0 Å². The third-order valence-electron chi connectivity index (χ3n) is 3.08. The molecule has 110 valence electrons. The lowest BCUT2D eigenvalue weighted by Crippen LogP contribution is -2.10. The van der Waals surface area contributed by atoms with E-state index in [-0.39, 0.29) is 0 Å². The molecule has 0 saturated heterocycles. The van der Waals surface area contributed by atoms with Crippen LogP contribution in [0.25, 0.3) is 5.78 Å². The topological polar surface area (TPSA) is 82.2 Å². The molecule has 3 rings (SSSR count). The molecule has 0 spiro atoms. The van der Waals surface area contributed by atoms with Crippen molar-refractivity contribution in [3.05, 3.63) is 36.0 Å². The molecular formula is C13H17N7O. The van der Waals surface area contributed by atoms with Crippen LogP contribution in [0.2, 0.25) is 0 Å². The average Bonchev–Trinajstić information content (AvgIpc) is 3.08. The van der Waals surface area contributed by atoms with Gasteiger partial charge in [-0.2, -0.15) is 19.7 Å². The van der Waals surface area contributed by atoms with Crippen LogP contribution < -0.4 is 5.32 Å². The van der Waals surface area contributed by atoms with Gasteiger partial charge in [-0.1, -0.05) is 0 Å². The Balaban J connectivity index is 1.74. The number of nitrogens with one attached hydrogen (secondary N) is 1. The minimum Gasteiger partial charge on any atom is -0.378 e. The lowest BCUT2D eigenvalue weighted by atomic mass is 10.2. The fraction of sp³-hybridized carbons (Fsp3) is 0.385. The zero-order chi connectivity index (χ0) is 14.7. The van der Waals surface area contributed by atoms with Crippen molar-refractivity contribution in [1.29, 1.82) is 0 Å². The van der Waals surface area contributed by atoms with Gasteiger partial charge in [0.05, 0.1) is 18.5 Å². The minimum atomic E-state index is 0.445. The predicted molar refractivity (Wildman–Crippen MR) is 76.9 cm³/mol. The Morgan fingerprint density at radius 2 is 2.24 bits per heavy atom. The number of aryl methyl sites for hydroxylation is 1. The van der Waals surface area contributed by atoms with Crippen LogP contribution in [0, 0.1) is 0 Å². The van der Waals surface area contributed by atoms with E-state index in [0.717, 1.165) is 24.5 Å². The molecule has 0 bridgehead atoms. The van der Waals surface area contributed by atoms with Gasteiger partial charge in [0.25, 0.3) is 5.78 Å². The molecule has 0 amide bonds. The number of rotatable bonds is 6. The Bertz CT molecular complexity index is 733. The normalized spacial score (nSPS) is 11.1. The lowest BCUT2D eigenvalue weighted by Gasteiger charge is -2.09. The molecule has 3 heterocycles. The number of fused-ring (bicyclic) bond motifs is 1. The van der Waals surface area contributed by atoms with Gasteiger partial charge in [0.1, 0.15) is 12.1 Å². The van der Waals surface area contributed by atoms with Crippen molar-refractivity contribution in [3.63, 3.8) is 0 Å². The van der Waals surface area contributed by atoms with Gasteiger partial charge in [-0.3, -0.25) is 4.68 Å². The van der Waals surface area contributed by atoms with E-state index in [1.54, 1.807) is 16.3 Å². The van der Waals surface area contributed by atoms with Crippen molar-refractivity contribution < 1.29 is 4.74 Å². The highest BCUT2D eigenvalue weighted by Gasteiger charge is 2.07. The average molecular weight is 287 g/mol. The summed E-state index contributed by atoms with van der Waals surface area (Å²) < 4.78 is 8.61. The molecule has 3 aromatic heterocycles. The number of aromatic nitrogens is 6. The van der Waals surface area contributed by atoms with Gasteiger partial charge in [-0.15, -0.1) is 0 Å². The first-order valence-electron chi connectivity index (χ1n) is 6.66. The van der Waals surface area contributed by atoms with Crippen molar-refractivity contribution >= 4 is 11.6 Å². The molecule has 0 aliphatic rings. The molecule has 0 aromatic carbocycles. The smallest absolute Gasteiger partial charge is 0.254 e. The van der Waals surface area contributed by atoms with Crippen molar-refractivity contribution in [2.45, 2.75) is 13.0 Å². The van der Waals surface area contributed by atoms with Crippen LogP contribution in [-0.2, 0) is 24.8 Å². The maximum absolute atomic E-state index is 5.13. The fourth-order valence-corrected chi connectivity index (χ4v) is 2.14. The largest absolute Gasteiger partial charge is 0.378 e. The molecule has 0 aliphatic carbocycles. The van der Waals surface area contributed by atoms with E-state index < -0.39 is 0 Å². The number of hydrogen-bond donors (Lipinski definition) is 1. The molecule has 8 nitrogen and oxygen atoms in total. The van der Waals surface area contributed by atoms with E-state index in [4.69, 9.17) is 4.74 Å². The summed E-state index contributed by atoms with van der Waals surface area (Å²) in [4.78, 5) is 8.49. The molecule has 21 heavy (non-hydrogen) atoms. The van der Waals surface area contributed by atoms with E-state index in [9.17, 15) is 0 Å². The van der Waals surface area contributed by atoms with E-state index >= 15 is 0 Å². The quantitative estimate of drug-likeness (QED) is 0.717. The van der Waals surface area contributed by atoms with Gasteiger partial charge in [0, 0.05) is 33.0 Å². The van der Waals surface area contributed by atoms with Crippen LogP contribution in [0.3, 0.4) is 0 Å². The van der Waals surface area contributed by atoms with Crippen LogP contribution in [-0.4, -0.2) is 43.0 Å². The number of anilines is 1. The van der Waals surface area contributed by atoms with Crippen LogP contribution in [0.15, 0.2) is 24.8 Å². The molecule has 0 unspecified atom stereocenters. The van der Waals surface area contributed by atoms with Crippen molar-refractivity contribution in [1.82, 2.24) is 29.4 Å². The minimum absolute atomic E-state index is 0.445. The molecule has 0 aliphatic heterocycles. The highest BCUT2D eigenvalue weighted by atomic mass is 16.5. The van der Waals surface area contributed by atoms with Crippen LogP contribution >= 0.6 is 0 Å². The molecule has 1 N–H and O–H groups in total. The SMILES string of the molecule is COCc1cc(NCCc2cnn(C)c2)n2ncnc2n1. The fourth-order valence-electron chi connectivity index (χ4n) is 2.14. The van der Waals surface area contributed by atoms with Crippen LogP contribution in [0.5, 0.6) is 0 Å². The van der Waals surface area contributed by atoms with E-state index in [2.05, 4.69) is 25.5 Å². The summed E-state index contributed by atoms with van der Waals surface area (Å²) in [6.07, 6.45) is 6.25. The van der Waals surface area contributed by atoms with Crippen molar-refractivity contribution in [2.24, 2.45) is 7.05 Å². The summed E-state index contributed by atoms with van der Waals surface area (Å²) >= 11 is 0. The molecule has 3 aromatic rings. The summed E-state index contributed by atoms with van der Waals surface area (Å²) in [6, 6.07) is 1.93. The second-order valence-electron chi connectivity index (χ2n) is 4.74. The van der Waals surface area contributed by atoms with Crippen LogP contribution in [0.1, 0.15) is 11.3 Å². The van der Waals surface area contributed by atoms with Gasteiger partial charge in [-0.25, -0.2) is 4.98 Å². The summed E-state index contributed by atoms with van der Waals surface area (Å²) in [5, 5.41) is 11.7. The zero-order valence-corrected chi connectivity index (χ0v) is 12.0. The first kappa shape index (κ1) is 13.5. The van der Waals surface area contributed by atoms with E-state index in [1.807, 2.05) is 25.5 Å². The van der Waals surface area contributed by atoms with Gasteiger partial charge < -0.3 is 10.1 Å². The number of ether oxygens (including phenoxy) is 1. The standard InChI is InChI=1S/C13H17N7O/c1-19-7-10(6-16-19)3-4-14-12-5-11(8-21-2)18-13-15-9-17-20(12)13/h5-7,9,14H,3-4,8H2,1-2H3. The number of hydrogen-bond acceptors (Lipinski definition) is 6. The second-order valence-corrected chi connectivity index (χ2v) is 4.74. The first-order chi connectivity index (χ1) is 10.3. The molecule has 8 heteroatoms. The molecule has 0 radical (unpaired) electrons. The third kappa shape index (κ3) is 3.00. The predicted octanol–water partition coefficient (Wildman–Crippen LogP) is 0.659. The second kappa shape index (κ2) is 5.88. The Labute approximate surface area is 121 Å². The molecular weight excluding hydrogens is 270 g/mol. The van der Waals surface area contributed by atoms with E-state index in [1.165, 1.54) is 11.9 Å². The summed E-state index contributed by atoms with van der Waals surface area (Å²) in [5.74, 6) is 1.42. The van der Waals surface area contributed by atoms with E-state index in [0.29, 0.717) is 12.4 Å². The maximum atomic E-state index is 5.13. The highest BCUT2D eigenvalue weighted by Crippen LogP contribution is 2.11. The molecule has 0 atom stereocenters. The summed E-state index contributed by atoms with van der Waals surface area (Å²) in [5.41, 5.74) is 2.01. The maximum Gasteiger partial charge on any atom is 0.254 e. The van der Waals surface area contributed by atoms with Gasteiger partial charge in [-0.05, 0) is 12.0 Å². The third-order valence-corrected chi connectivity index (χ3v) is 3.08. The monoisotopic (exact) mass is 287 g/mol. The highest BCUT2D eigenvalue weighted by molar-refractivity contribution is 5.44. The lowest BCUT2D eigenvalue weighted by molar-refractivity contribution is 0.181. The number of methoxy groups -OCH3 is 1. The van der Waals surface area contributed by atoms with Crippen molar-refractivity contribution in [3.8, 4) is 0 Å². The summed E-state index contributed by atoms with van der Waals surface area (Å²) in [7, 11) is 3.56.